The number of Topliss-reactive ketones (excluding diaryl/α,β-unsaturated/α-hetero) is 2. The number of pyridine rings is 2. The minimum Gasteiger partial charge on any atom is -0.375 e. The molecule has 0 unspecified atom stereocenters. The molecule has 0 aromatic carbocycles. The quantitative estimate of drug-likeness (QED) is 0.700. The zero-order valence-electron chi connectivity index (χ0n) is 16.6. The molecule has 0 saturated heterocycles. The van der Waals surface area contributed by atoms with Crippen LogP contribution in [0.3, 0.4) is 0 Å². The van der Waals surface area contributed by atoms with Crippen molar-refractivity contribution in [3.63, 3.8) is 0 Å². The van der Waals surface area contributed by atoms with Gasteiger partial charge in [0.25, 0.3) is 5.91 Å². The Balaban J connectivity index is 2.00. The molecular weight excluding hydrogens is 372 g/mol. The van der Waals surface area contributed by atoms with Gasteiger partial charge in [-0.15, -0.1) is 0 Å². The van der Waals surface area contributed by atoms with Gasteiger partial charge in [-0.2, -0.15) is 0 Å². The van der Waals surface area contributed by atoms with Gasteiger partial charge in [0.05, 0.1) is 5.56 Å². The third-order valence-electron chi connectivity index (χ3n) is 4.71. The average Bonchev–Trinajstić information content (AvgIpc) is 2.74. The van der Waals surface area contributed by atoms with E-state index in [0.717, 1.165) is 5.69 Å². The van der Waals surface area contributed by atoms with Crippen LogP contribution in [0.5, 0.6) is 0 Å². The molecule has 2 aromatic heterocycles. The molecule has 0 bridgehead atoms. The number of fused-ring (bicyclic) bond motifs is 1. The van der Waals surface area contributed by atoms with Gasteiger partial charge in [0.2, 0.25) is 11.6 Å². The summed E-state index contributed by atoms with van der Waals surface area (Å²) >= 11 is 0. The molecule has 150 valence electrons. The molecule has 0 saturated carbocycles. The number of methoxy groups -OCH3 is 1. The van der Waals surface area contributed by atoms with Crippen LogP contribution in [0.2, 0.25) is 0 Å². The highest BCUT2D eigenvalue weighted by molar-refractivity contribution is 6.26. The molecule has 2 aromatic rings. The molecule has 0 atom stereocenters. The van der Waals surface area contributed by atoms with Crippen LogP contribution in [-0.2, 0) is 16.0 Å². The van der Waals surface area contributed by atoms with E-state index in [1.165, 1.54) is 25.3 Å². The Hall–Kier alpha value is -3.39. The normalized spacial score (nSPS) is 13.3. The molecule has 8 heteroatoms. The second-order valence-electron chi connectivity index (χ2n) is 6.63. The predicted octanol–water partition coefficient (Wildman–Crippen LogP) is 1.35. The Kier molecular flexibility index (Phi) is 6.13. The molecule has 0 aliphatic heterocycles. The molecule has 2 heterocycles. The summed E-state index contributed by atoms with van der Waals surface area (Å²) in [5.74, 6) is -1.23. The third-order valence-corrected chi connectivity index (χ3v) is 4.71. The van der Waals surface area contributed by atoms with Crippen molar-refractivity contribution < 1.29 is 19.1 Å². The number of rotatable bonds is 7. The van der Waals surface area contributed by atoms with Crippen molar-refractivity contribution in [2.75, 3.05) is 34.4 Å². The first-order valence-corrected chi connectivity index (χ1v) is 9.11. The van der Waals surface area contributed by atoms with Gasteiger partial charge >= 0.3 is 0 Å². The summed E-state index contributed by atoms with van der Waals surface area (Å²) in [4.78, 5) is 50.1. The van der Waals surface area contributed by atoms with Gasteiger partial charge in [-0.05, 0) is 24.3 Å². The standard InChI is InChI=1S/C21H22N4O4/c1-24(12-9-14-7-4-5-10-22-14)18-19(25(2)16(26)13-29-3)20(27)15-8-6-11-23-17(15)21(18)28/h4-8,10-11H,9,12-13H2,1-3H3. The monoisotopic (exact) mass is 394 g/mol. The van der Waals surface area contributed by atoms with Gasteiger partial charge in [0.15, 0.2) is 0 Å². The maximum absolute atomic E-state index is 13.2. The number of hydrogen-bond acceptors (Lipinski definition) is 7. The van der Waals surface area contributed by atoms with Crippen molar-refractivity contribution >= 4 is 17.5 Å². The van der Waals surface area contributed by atoms with Crippen LogP contribution < -0.4 is 0 Å². The largest absolute Gasteiger partial charge is 0.375 e. The molecule has 0 fully saturated rings. The van der Waals surface area contributed by atoms with Crippen molar-refractivity contribution in [1.29, 1.82) is 0 Å². The minimum absolute atomic E-state index is 0.0288. The fraction of sp³-hybridized carbons (Fsp3) is 0.286. The zero-order valence-corrected chi connectivity index (χ0v) is 16.6. The fourth-order valence-corrected chi connectivity index (χ4v) is 3.17. The number of carbonyl (C=O) groups excluding carboxylic acids is 3. The molecule has 1 amide bonds. The van der Waals surface area contributed by atoms with Crippen LogP contribution in [-0.4, -0.2) is 71.6 Å². The van der Waals surface area contributed by atoms with Gasteiger partial charge in [-0.1, -0.05) is 6.07 Å². The summed E-state index contributed by atoms with van der Waals surface area (Å²) in [5, 5.41) is 0. The predicted molar refractivity (Wildman–Crippen MR) is 105 cm³/mol. The van der Waals surface area contributed by atoms with Crippen molar-refractivity contribution in [3.05, 3.63) is 71.1 Å². The Labute approximate surface area is 168 Å². The summed E-state index contributed by atoms with van der Waals surface area (Å²) in [6.07, 6.45) is 3.74. The van der Waals surface area contributed by atoms with E-state index < -0.39 is 17.5 Å². The van der Waals surface area contributed by atoms with Crippen molar-refractivity contribution in [2.45, 2.75) is 6.42 Å². The number of ketones is 2. The Morgan fingerprint density at radius 2 is 1.76 bits per heavy atom. The number of ether oxygens (including phenoxy) is 1. The van der Waals surface area contributed by atoms with E-state index in [0.29, 0.717) is 13.0 Å². The number of aromatic nitrogens is 2. The maximum atomic E-state index is 13.2. The Morgan fingerprint density at radius 3 is 2.45 bits per heavy atom. The van der Waals surface area contributed by atoms with Crippen LogP contribution in [0.15, 0.2) is 54.1 Å². The smallest absolute Gasteiger partial charge is 0.252 e. The second kappa shape index (κ2) is 8.74. The van der Waals surface area contributed by atoms with Crippen LogP contribution in [0.25, 0.3) is 0 Å². The first-order valence-electron chi connectivity index (χ1n) is 9.11. The topological polar surface area (TPSA) is 92.7 Å². The van der Waals surface area contributed by atoms with Crippen molar-refractivity contribution in [3.8, 4) is 0 Å². The highest BCUT2D eigenvalue weighted by atomic mass is 16.5. The number of hydrogen-bond donors (Lipinski definition) is 0. The van der Waals surface area contributed by atoms with Crippen molar-refractivity contribution in [2.24, 2.45) is 0 Å². The van der Waals surface area contributed by atoms with E-state index in [4.69, 9.17) is 4.74 Å². The summed E-state index contributed by atoms with van der Waals surface area (Å²) in [5.41, 5.74) is 1.31. The lowest BCUT2D eigenvalue weighted by molar-refractivity contribution is -0.131. The Bertz CT molecular complexity index is 972. The van der Waals surface area contributed by atoms with E-state index in [1.54, 1.807) is 30.3 Å². The number of carbonyl (C=O) groups is 3. The number of amides is 1. The van der Waals surface area contributed by atoms with E-state index in [9.17, 15) is 14.4 Å². The Morgan fingerprint density at radius 1 is 1.00 bits per heavy atom. The van der Waals surface area contributed by atoms with Gasteiger partial charge in [-0.3, -0.25) is 24.4 Å². The minimum atomic E-state index is -0.424. The lowest BCUT2D eigenvalue weighted by atomic mass is 9.93. The third kappa shape index (κ3) is 4.07. The first kappa shape index (κ1) is 20.3. The molecule has 1 aliphatic rings. The van der Waals surface area contributed by atoms with Crippen LogP contribution in [0, 0.1) is 0 Å². The number of likely N-dealkylation sites (N-methyl/N-ethyl adjacent to an activating group) is 2. The maximum Gasteiger partial charge on any atom is 0.252 e. The lowest BCUT2D eigenvalue weighted by Crippen LogP contribution is -2.41. The SMILES string of the molecule is COCC(=O)N(C)C1=C(N(C)CCc2ccccn2)C(=O)c2ncccc2C1=O. The summed E-state index contributed by atoms with van der Waals surface area (Å²) in [6, 6.07) is 8.74. The molecule has 8 nitrogen and oxygen atoms in total. The van der Waals surface area contributed by atoms with E-state index in [2.05, 4.69) is 9.97 Å². The zero-order chi connectivity index (χ0) is 21.0. The van der Waals surface area contributed by atoms with Crippen molar-refractivity contribution in [1.82, 2.24) is 19.8 Å². The average molecular weight is 394 g/mol. The molecule has 0 N–H and O–H groups in total. The summed E-state index contributed by atoms with van der Waals surface area (Å²) < 4.78 is 4.90. The number of nitrogens with zero attached hydrogens (tertiary/aromatic N) is 4. The van der Waals surface area contributed by atoms with E-state index in [-0.39, 0.29) is 29.3 Å². The van der Waals surface area contributed by atoms with Crippen LogP contribution in [0.1, 0.15) is 26.5 Å². The first-order chi connectivity index (χ1) is 14.0. The molecule has 29 heavy (non-hydrogen) atoms. The van der Waals surface area contributed by atoms with Gasteiger partial charge < -0.3 is 14.5 Å². The van der Waals surface area contributed by atoms with E-state index in [1.807, 2.05) is 18.2 Å². The number of allylic oxidation sites excluding steroid dienone is 2. The van der Waals surface area contributed by atoms with Gasteiger partial charge in [0.1, 0.15) is 23.7 Å². The second-order valence-corrected chi connectivity index (χ2v) is 6.63. The van der Waals surface area contributed by atoms with Crippen LogP contribution in [0.4, 0.5) is 0 Å². The molecule has 3 rings (SSSR count). The molecule has 0 radical (unpaired) electrons. The van der Waals surface area contributed by atoms with Gasteiger partial charge in [-0.25, -0.2) is 0 Å². The molecular formula is C21H22N4O4. The van der Waals surface area contributed by atoms with Crippen LogP contribution >= 0.6 is 0 Å². The highest BCUT2D eigenvalue weighted by Crippen LogP contribution is 2.28. The van der Waals surface area contributed by atoms with E-state index >= 15 is 0 Å². The fourth-order valence-electron chi connectivity index (χ4n) is 3.17. The summed E-state index contributed by atoms with van der Waals surface area (Å²) in [6.45, 7) is 0.232. The summed E-state index contributed by atoms with van der Waals surface area (Å²) in [7, 11) is 4.58. The molecule has 1 aliphatic carbocycles. The molecule has 0 spiro atoms. The van der Waals surface area contributed by atoms with Gasteiger partial charge in [0, 0.05) is 52.3 Å². The highest BCUT2D eigenvalue weighted by Gasteiger charge is 2.38. The lowest BCUT2D eigenvalue weighted by Gasteiger charge is -2.31.